The molecule has 0 bridgehead atoms. The van der Waals surface area contributed by atoms with Crippen molar-refractivity contribution in [2.45, 2.75) is 31.8 Å². The molecule has 0 aliphatic heterocycles. The highest BCUT2D eigenvalue weighted by molar-refractivity contribution is 5.69. The maximum Gasteiger partial charge on any atom is 0.0695 e. The molecule has 0 spiro atoms. The Labute approximate surface area is 170 Å². The van der Waals surface area contributed by atoms with Crippen LogP contribution in [0.25, 0.3) is 22.4 Å². The van der Waals surface area contributed by atoms with Gasteiger partial charge in [-0.15, -0.1) is 0 Å². The minimum absolute atomic E-state index is 0.685. The van der Waals surface area contributed by atoms with Crippen LogP contribution in [0.5, 0.6) is 0 Å². The molecule has 5 nitrogen and oxygen atoms in total. The Hall–Kier alpha value is -3.18. The highest BCUT2D eigenvalue weighted by Gasteiger charge is 2.26. The Morgan fingerprint density at radius 1 is 0.897 bits per heavy atom. The zero-order valence-electron chi connectivity index (χ0n) is 16.6. The molecular formula is C24H25N5. The molecule has 5 heteroatoms. The van der Waals surface area contributed by atoms with E-state index in [2.05, 4.69) is 86.9 Å². The van der Waals surface area contributed by atoms with Crippen LogP contribution in [0, 0.1) is 0 Å². The van der Waals surface area contributed by atoms with Crippen LogP contribution < -0.4 is 0 Å². The standard InChI is InChI=1S/C24H25N5/c1-29(16-22-13-23(27-26-22)19-9-10-19)15-21-14-25-28-24(21)20-11-7-18(8-12-20)17-5-3-2-4-6-17/h2-8,11-14,19H,9-10,15-16H2,1H3,(H,25,28)(H,26,27). The third kappa shape index (κ3) is 4.00. The third-order valence-electron chi connectivity index (χ3n) is 5.53. The molecule has 0 amide bonds. The summed E-state index contributed by atoms with van der Waals surface area (Å²) in [5, 5.41) is 15.1. The van der Waals surface area contributed by atoms with E-state index in [1.54, 1.807) is 0 Å². The van der Waals surface area contributed by atoms with Crippen molar-refractivity contribution < 1.29 is 0 Å². The molecule has 1 aliphatic rings. The summed E-state index contributed by atoms with van der Waals surface area (Å²) in [6, 6.07) is 21.3. The molecule has 4 aromatic rings. The van der Waals surface area contributed by atoms with Gasteiger partial charge in [0.2, 0.25) is 0 Å². The van der Waals surface area contributed by atoms with Crippen molar-refractivity contribution in [3.8, 4) is 22.4 Å². The Kier molecular flexibility index (Phi) is 4.74. The first-order chi connectivity index (χ1) is 14.3. The first kappa shape index (κ1) is 17.9. The zero-order chi connectivity index (χ0) is 19.6. The minimum atomic E-state index is 0.685. The summed E-state index contributed by atoms with van der Waals surface area (Å²) in [5.74, 6) is 0.685. The average molecular weight is 383 g/mol. The second-order valence-electron chi connectivity index (χ2n) is 7.98. The van der Waals surface area contributed by atoms with Gasteiger partial charge in [-0.05, 0) is 42.6 Å². The second-order valence-corrected chi connectivity index (χ2v) is 7.98. The second kappa shape index (κ2) is 7.68. The molecule has 1 fully saturated rings. The lowest BCUT2D eigenvalue weighted by Gasteiger charge is -2.15. The molecule has 2 aromatic heterocycles. The van der Waals surface area contributed by atoms with Crippen molar-refractivity contribution in [1.82, 2.24) is 25.3 Å². The van der Waals surface area contributed by atoms with Gasteiger partial charge in [-0.25, -0.2) is 0 Å². The molecule has 5 rings (SSSR count). The van der Waals surface area contributed by atoms with E-state index in [4.69, 9.17) is 0 Å². The van der Waals surface area contributed by atoms with Gasteiger partial charge in [-0.1, -0.05) is 54.6 Å². The maximum absolute atomic E-state index is 4.46. The molecule has 0 radical (unpaired) electrons. The van der Waals surface area contributed by atoms with Gasteiger partial charge < -0.3 is 0 Å². The Morgan fingerprint density at radius 2 is 1.62 bits per heavy atom. The lowest BCUT2D eigenvalue weighted by molar-refractivity contribution is 0.315. The predicted molar refractivity (Wildman–Crippen MR) is 115 cm³/mol. The molecule has 146 valence electrons. The van der Waals surface area contributed by atoms with Crippen LogP contribution in [0.3, 0.4) is 0 Å². The normalized spacial score (nSPS) is 13.9. The number of aromatic nitrogens is 4. The van der Waals surface area contributed by atoms with Crippen LogP contribution in [0.15, 0.2) is 66.9 Å². The Balaban J connectivity index is 1.28. The van der Waals surface area contributed by atoms with E-state index in [1.165, 1.54) is 40.9 Å². The average Bonchev–Trinajstić information content (AvgIpc) is 3.33. The number of nitrogens with one attached hydrogen (secondary N) is 2. The number of H-pyrrole nitrogens is 2. The van der Waals surface area contributed by atoms with Crippen LogP contribution in [-0.4, -0.2) is 32.3 Å². The lowest BCUT2D eigenvalue weighted by Crippen LogP contribution is -2.17. The predicted octanol–water partition coefficient (Wildman–Crippen LogP) is 4.98. The summed E-state index contributed by atoms with van der Waals surface area (Å²) >= 11 is 0. The number of aromatic amines is 2. The first-order valence-electron chi connectivity index (χ1n) is 10.2. The molecule has 0 atom stereocenters. The summed E-state index contributed by atoms with van der Waals surface area (Å²) in [6.45, 7) is 1.67. The highest BCUT2D eigenvalue weighted by atomic mass is 15.2. The van der Waals surface area contributed by atoms with Crippen LogP contribution in [0.2, 0.25) is 0 Å². The van der Waals surface area contributed by atoms with E-state index in [9.17, 15) is 0 Å². The van der Waals surface area contributed by atoms with Crippen molar-refractivity contribution >= 4 is 0 Å². The summed E-state index contributed by atoms with van der Waals surface area (Å²) < 4.78 is 0. The quantitative estimate of drug-likeness (QED) is 0.473. The molecule has 1 saturated carbocycles. The fourth-order valence-corrected chi connectivity index (χ4v) is 3.83. The number of hydrogen-bond acceptors (Lipinski definition) is 3. The third-order valence-corrected chi connectivity index (χ3v) is 5.53. The summed E-state index contributed by atoms with van der Waals surface area (Å²) in [6.07, 6.45) is 4.49. The molecule has 0 unspecified atom stereocenters. The van der Waals surface area contributed by atoms with Gasteiger partial charge in [0.05, 0.1) is 17.6 Å². The van der Waals surface area contributed by atoms with Gasteiger partial charge in [0.25, 0.3) is 0 Å². The molecule has 1 aliphatic carbocycles. The van der Waals surface area contributed by atoms with E-state index in [-0.39, 0.29) is 0 Å². The number of hydrogen-bond donors (Lipinski definition) is 2. The van der Waals surface area contributed by atoms with Crippen LogP contribution in [0.4, 0.5) is 0 Å². The number of benzene rings is 2. The van der Waals surface area contributed by atoms with Crippen LogP contribution in [-0.2, 0) is 13.1 Å². The van der Waals surface area contributed by atoms with E-state index in [0.717, 1.165) is 24.3 Å². The molecule has 29 heavy (non-hydrogen) atoms. The van der Waals surface area contributed by atoms with Crippen molar-refractivity contribution in [2.75, 3.05) is 7.05 Å². The Morgan fingerprint density at radius 3 is 2.38 bits per heavy atom. The zero-order valence-corrected chi connectivity index (χ0v) is 16.6. The minimum Gasteiger partial charge on any atom is -0.296 e. The van der Waals surface area contributed by atoms with Gasteiger partial charge >= 0.3 is 0 Å². The van der Waals surface area contributed by atoms with Gasteiger partial charge in [0.15, 0.2) is 0 Å². The van der Waals surface area contributed by atoms with Gasteiger partial charge in [-0.3, -0.25) is 15.1 Å². The highest BCUT2D eigenvalue weighted by Crippen LogP contribution is 2.39. The number of rotatable bonds is 7. The van der Waals surface area contributed by atoms with E-state index >= 15 is 0 Å². The smallest absolute Gasteiger partial charge is 0.0695 e. The molecule has 2 N–H and O–H groups in total. The SMILES string of the molecule is CN(Cc1cc(C2CC2)n[nH]1)Cc1cn[nH]c1-c1ccc(-c2ccccc2)cc1. The summed E-state index contributed by atoms with van der Waals surface area (Å²) in [4.78, 5) is 2.29. The topological polar surface area (TPSA) is 60.6 Å². The fraction of sp³-hybridized carbons (Fsp3) is 0.250. The molecular weight excluding hydrogens is 358 g/mol. The molecule has 2 heterocycles. The fourth-order valence-electron chi connectivity index (χ4n) is 3.83. The van der Waals surface area contributed by atoms with E-state index in [0.29, 0.717) is 5.92 Å². The van der Waals surface area contributed by atoms with Crippen molar-refractivity contribution in [3.05, 3.63) is 83.8 Å². The first-order valence-corrected chi connectivity index (χ1v) is 10.2. The van der Waals surface area contributed by atoms with E-state index < -0.39 is 0 Å². The lowest BCUT2D eigenvalue weighted by atomic mass is 10.0. The van der Waals surface area contributed by atoms with Crippen molar-refractivity contribution in [1.29, 1.82) is 0 Å². The maximum atomic E-state index is 4.46. The molecule has 2 aromatic carbocycles. The summed E-state index contributed by atoms with van der Waals surface area (Å²) in [7, 11) is 2.13. The Bertz CT molecular complexity index is 1070. The monoisotopic (exact) mass is 383 g/mol. The number of nitrogens with zero attached hydrogens (tertiary/aromatic N) is 3. The van der Waals surface area contributed by atoms with E-state index in [1.807, 2.05) is 12.3 Å². The van der Waals surface area contributed by atoms with Gasteiger partial charge in [-0.2, -0.15) is 10.2 Å². The largest absolute Gasteiger partial charge is 0.296 e. The van der Waals surface area contributed by atoms with Gasteiger partial charge in [0.1, 0.15) is 0 Å². The van der Waals surface area contributed by atoms with Crippen LogP contribution >= 0.6 is 0 Å². The summed E-state index contributed by atoms with van der Waals surface area (Å²) in [5.41, 5.74) is 8.28. The van der Waals surface area contributed by atoms with Gasteiger partial charge in [0, 0.05) is 30.3 Å². The van der Waals surface area contributed by atoms with Crippen molar-refractivity contribution in [2.24, 2.45) is 0 Å². The van der Waals surface area contributed by atoms with Crippen molar-refractivity contribution in [3.63, 3.8) is 0 Å². The van der Waals surface area contributed by atoms with Crippen LogP contribution in [0.1, 0.15) is 35.7 Å². The molecule has 0 saturated heterocycles.